The third kappa shape index (κ3) is 2.95. The van der Waals surface area contributed by atoms with Gasteiger partial charge in [0.15, 0.2) is 0 Å². The molecule has 0 saturated heterocycles. The molecule has 4 heavy (non-hydrogen) atoms. The molecule has 0 aliphatic rings. The van der Waals surface area contributed by atoms with Gasteiger partial charge in [0.25, 0.3) is 0 Å². The fourth-order valence-electron chi connectivity index (χ4n) is 0. The Morgan fingerprint density at radius 2 is 2.00 bits per heavy atom. The second kappa shape index (κ2) is 3.95. The Bertz CT molecular complexity index is 8.00. The topological polar surface area (TPSA) is 0 Å². The lowest BCUT2D eigenvalue weighted by Crippen LogP contribution is -1.60. The molecule has 0 aromatic carbocycles. The lowest BCUT2D eigenvalue weighted by atomic mass is 11.0. The highest BCUT2D eigenvalue weighted by molar-refractivity contribution is 14.1. The van der Waals surface area contributed by atoms with Crippen molar-refractivity contribution in [1.29, 1.82) is 0 Å². The maximum absolute atomic E-state index is 3.28. The highest BCUT2D eigenvalue weighted by Crippen LogP contribution is 1.79. The third-order valence-corrected chi connectivity index (χ3v) is 1.90. The van der Waals surface area contributed by atoms with Crippen LogP contribution < -0.4 is 0 Å². The van der Waals surface area contributed by atoms with Crippen LogP contribution in [0.4, 0.5) is 0 Å². The van der Waals surface area contributed by atoms with E-state index in [4.69, 9.17) is 0 Å². The molecule has 0 rings (SSSR count). The summed E-state index contributed by atoms with van der Waals surface area (Å²) in [5, 5.41) is 0. The smallest absolute Gasteiger partial charge is 0.0231 e. The quantitative estimate of drug-likeness (QED) is 0.323. The molecule has 0 aliphatic heterocycles. The van der Waals surface area contributed by atoms with E-state index in [9.17, 15) is 0 Å². The average molecular weight is 183 g/mol. The highest BCUT2D eigenvalue weighted by Gasteiger charge is 1.59. The van der Waals surface area contributed by atoms with Crippen LogP contribution in [-0.2, 0) is 0 Å². The molecular weight excluding hydrogens is 179 g/mol. The number of rotatable bonds is 1. The molecule has 0 saturated carbocycles. The van der Waals surface area contributed by atoms with Crippen LogP contribution in [0.5, 0.6) is 0 Å². The van der Waals surface area contributed by atoms with E-state index in [2.05, 4.69) is 32.8 Å². The van der Waals surface area contributed by atoms with Crippen LogP contribution >= 0.6 is 22.6 Å². The number of hydrogen-bond donors (Lipinski definition) is 0. The van der Waals surface area contributed by atoms with Crippen molar-refractivity contribution < 1.29 is 0 Å². The first kappa shape index (κ1) is 4.95. The second-order valence-electron chi connectivity index (χ2n) is 0.439. The van der Waals surface area contributed by atoms with E-state index in [0.717, 1.165) is 6.04 Å². The molecule has 0 atom stereocenters. The van der Waals surface area contributed by atoms with Gasteiger partial charge in [-0.05, 0) is 4.43 Å². The van der Waals surface area contributed by atoms with Gasteiger partial charge in [0.05, 0.1) is 0 Å². The average Bonchev–Trinajstić information content (AvgIpc) is 1.37. The lowest BCUT2D eigenvalue weighted by Gasteiger charge is -1.65. The summed E-state index contributed by atoms with van der Waals surface area (Å²) in [6.45, 7) is 0. The van der Waals surface area contributed by atoms with Crippen molar-refractivity contribution >= 4 is 32.8 Å². The minimum absolute atomic E-state index is 1.11. The molecule has 3 radical (unpaired) electrons. The predicted octanol–water partition coefficient (Wildman–Crippen LogP) is 1.01. The standard InChI is InChI=1S/C2H4ISi/c3-1-2-4/h1-2H2. The number of alkyl halides is 1. The summed E-state index contributed by atoms with van der Waals surface area (Å²) in [7, 11) is 3.28. The molecule has 0 aromatic rings. The highest BCUT2D eigenvalue weighted by atomic mass is 127. The fraction of sp³-hybridized carbons (Fsp3) is 1.00. The van der Waals surface area contributed by atoms with E-state index in [-0.39, 0.29) is 0 Å². The normalized spacial score (nSPS) is 7.50. The minimum atomic E-state index is 1.11. The Balaban J connectivity index is 1.97. The maximum Gasteiger partial charge on any atom is 0.0231 e. The fourth-order valence-corrected chi connectivity index (χ4v) is 0. The van der Waals surface area contributed by atoms with Crippen LogP contribution in [0.3, 0.4) is 0 Å². The third-order valence-electron chi connectivity index (χ3n) is 0.0945. The summed E-state index contributed by atoms with van der Waals surface area (Å²) >= 11 is 2.30. The molecule has 0 nitrogen and oxygen atoms in total. The number of halogens is 1. The van der Waals surface area contributed by atoms with E-state index in [1.807, 2.05) is 0 Å². The zero-order chi connectivity index (χ0) is 3.41. The molecular formula is C2H4ISi. The van der Waals surface area contributed by atoms with E-state index in [1.165, 1.54) is 4.43 Å². The van der Waals surface area contributed by atoms with Crippen LogP contribution in [0.25, 0.3) is 0 Å². The van der Waals surface area contributed by atoms with Crippen molar-refractivity contribution in [2.24, 2.45) is 0 Å². The molecule has 23 valence electrons. The molecule has 0 bridgehead atoms. The Hall–Kier alpha value is 0.947. The molecule has 0 aromatic heterocycles. The summed E-state index contributed by atoms with van der Waals surface area (Å²) in [5.74, 6) is 0. The predicted molar refractivity (Wildman–Crippen MR) is 29.4 cm³/mol. The Morgan fingerprint density at radius 1 is 1.75 bits per heavy atom. The van der Waals surface area contributed by atoms with Crippen LogP contribution in [0.2, 0.25) is 6.04 Å². The maximum atomic E-state index is 3.28. The van der Waals surface area contributed by atoms with Crippen LogP contribution in [0.1, 0.15) is 0 Å². The van der Waals surface area contributed by atoms with E-state index in [0.29, 0.717) is 0 Å². The molecule has 2 heteroatoms. The second-order valence-corrected chi connectivity index (χ2v) is 2.02. The van der Waals surface area contributed by atoms with Gasteiger partial charge in [-0.1, -0.05) is 28.6 Å². The van der Waals surface area contributed by atoms with Crippen LogP contribution in [0, 0.1) is 0 Å². The largest absolute Gasteiger partial charge is 0.0867 e. The Labute approximate surface area is 43.5 Å². The summed E-state index contributed by atoms with van der Waals surface area (Å²) < 4.78 is 1.20. The first-order valence-corrected chi connectivity index (χ1v) is 3.35. The summed E-state index contributed by atoms with van der Waals surface area (Å²) in [6.07, 6.45) is 0. The first-order valence-electron chi connectivity index (χ1n) is 1.12. The zero-order valence-electron chi connectivity index (χ0n) is 2.29. The first-order chi connectivity index (χ1) is 1.91. The van der Waals surface area contributed by atoms with Gasteiger partial charge in [0.2, 0.25) is 0 Å². The Kier molecular flexibility index (Phi) is 4.88. The van der Waals surface area contributed by atoms with Gasteiger partial charge in [-0.2, -0.15) is 0 Å². The van der Waals surface area contributed by atoms with Gasteiger partial charge in [0.1, 0.15) is 0 Å². The summed E-state index contributed by atoms with van der Waals surface area (Å²) in [5.41, 5.74) is 0. The van der Waals surface area contributed by atoms with Gasteiger partial charge < -0.3 is 0 Å². The van der Waals surface area contributed by atoms with E-state index >= 15 is 0 Å². The molecule has 0 spiro atoms. The summed E-state index contributed by atoms with van der Waals surface area (Å²) in [6, 6.07) is 1.11. The van der Waals surface area contributed by atoms with Gasteiger partial charge in [-0.3, -0.25) is 0 Å². The lowest BCUT2D eigenvalue weighted by molar-refractivity contribution is 1.56. The molecule has 0 aliphatic carbocycles. The molecule has 0 N–H and O–H groups in total. The van der Waals surface area contributed by atoms with Gasteiger partial charge in [-0.25, -0.2) is 0 Å². The van der Waals surface area contributed by atoms with Crippen molar-refractivity contribution in [2.45, 2.75) is 6.04 Å². The van der Waals surface area contributed by atoms with Gasteiger partial charge in [0, 0.05) is 10.2 Å². The van der Waals surface area contributed by atoms with Crippen LogP contribution in [0.15, 0.2) is 0 Å². The van der Waals surface area contributed by atoms with Crippen molar-refractivity contribution in [3.05, 3.63) is 0 Å². The molecule has 0 unspecified atom stereocenters. The van der Waals surface area contributed by atoms with Crippen molar-refractivity contribution in [3.63, 3.8) is 0 Å². The van der Waals surface area contributed by atoms with E-state index in [1.54, 1.807) is 0 Å². The molecule has 0 fully saturated rings. The SMILES string of the molecule is [Si]CCI. The van der Waals surface area contributed by atoms with Gasteiger partial charge >= 0.3 is 0 Å². The van der Waals surface area contributed by atoms with Crippen molar-refractivity contribution in [3.8, 4) is 0 Å². The van der Waals surface area contributed by atoms with E-state index < -0.39 is 0 Å². The van der Waals surface area contributed by atoms with Crippen LogP contribution in [-0.4, -0.2) is 14.7 Å². The minimum Gasteiger partial charge on any atom is -0.0867 e. The summed E-state index contributed by atoms with van der Waals surface area (Å²) in [4.78, 5) is 0. The monoisotopic (exact) mass is 183 g/mol. The zero-order valence-corrected chi connectivity index (χ0v) is 5.45. The van der Waals surface area contributed by atoms with Crippen molar-refractivity contribution in [2.75, 3.05) is 4.43 Å². The Morgan fingerprint density at radius 3 is 2.00 bits per heavy atom. The molecule has 0 amide bonds. The van der Waals surface area contributed by atoms with Gasteiger partial charge in [-0.15, -0.1) is 0 Å². The molecule has 0 heterocycles. The van der Waals surface area contributed by atoms with Crippen molar-refractivity contribution in [1.82, 2.24) is 0 Å². The number of hydrogen-bond acceptors (Lipinski definition) is 0.